The van der Waals surface area contributed by atoms with Crippen LogP contribution >= 0.6 is 0 Å². The van der Waals surface area contributed by atoms with Gasteiger partial charge < -0.3 is 0 Å². The van der Waals surface area contributed by atoms with Gasteiger partial charge in [0.05, 0.1) is 16.1 Å². The molecule has 33 heavy (non-hydrogen) atoms. The number of hydrazine groups is 1. The zero-order valence-electron chi connectivity index (χ0n) is 17.4. The average molecular weight is 439 g/mol. The number of amides is 2. The van der Waals surface area contributed by atoms with E-state index in [1.807, 2.05) is 41.8 Å². The standard InChI is InChI=1S/C24H17N5O4/c1-15-19(13-20-23(30)26-28(24(20)31)16-7-3-2-4-8-16)18-9-5-6-10-21(18)27(15)22-12-11-17(14-25-22)29(32)33/h2-14H,1H3,(H,26,30). The molecule has 1 saturated heterocycles. The number of aromatic nitrogens is 2. The zero-order valence-corrected chi connectivity index (χ0v) is 17.4. The van der Waals surface area contributed by atoms with Crippen LogP contribution in [0.2, 0.25) is 0 Å². The Morgan fingerprint density at radius 1 is 1.00 bits per heavy atom. The minimum Gasteiger partial charge on any atom is -0.298 e. The van der Waals surface area contributed by atoms with Crippen LogP contribution in [0.3, 0.4) is 0 Å². The number of nitro groups is 1. The Bertz CT molecular complexity index is 1460. The van der Waals surface area contributed by atoms with Crippen LogP contribution in [0.25, 0.3) is 22.8 Å². The minimum atomic E-state index is -0.504. The third kappa shape index (κ3) is 3.32. The number of hydrogen-bond donors (Lipinski definition) is 1. The van der Waals surface area contributed by atoms with Crippen molar-refractivity contribution in [2.45, 2.75) is 6.92 Å². The third-order valence-corrected chi connectivity index (χ3v) is 5.53. The van der Waals surface area contributed by atoms with E-state index in [2.05, 4.69) is 10.4 Å². The Balaban J connectivity index is 1.63. The number of pyridine rings is 1. The highest BCUT2D eigenvalue weighted by atomic mass is 16.6. The zero-order chi connectivity index (χ0) is 23.1. The lowest BCUT2D eigenvalue weighted by molar-refractivity contribution is -0.385. The maximum absolute atomic E-state index is 13.0. The molecule has 1 aliphatic heterocycles. The molecular weight excluding hydrogens is 422 g/mol. The van der Waals surface area contributed by atoms with Crippen LogP contribution in [0.5, 0.6) is 0 Å². The number of anilines is 1. The number of fused-ring (bicyclic) bond motifs is 1. The summed E-state index contributed by atoms with van der Waals surface area (Å²) in [6, 6.07) is 19.3. The molecule has 0 bridgehead atoms. The van der Waals surface area contributed by atoms with Crippen LogP contribution in [0, 0.1) is 17.0 Å². The molecule has 1 fully saturated rings. The van der Waals surface area contributed by atoms with Crippen LogP contribution in [0.15, 0.2) is 78.5 Å². The van der Waals surface area contributed by atoms with Crippen LogP contribution in [0.4, 0.5) is 11.4 Å². The molecule has 0 atom stereocenters. The number of hydrogen-bond acceptors (Lipinski definition) is 5. The average Bonchev–Trinajstić information content (AvgIpc) is 3.27. The quantitative estimate of drug-likeness (QED) is 0.226. The Kier molecular flexibility index (Phi) is 4.71. The third-order valence-electron chi connectivity index (χ3n) is 5.53. The highest BCUT2D eigenvalue weighted by Crippen LogP contribution is 2.32. The SMILES string of the molecule is Cc1c(C=C2C(=O)NN(c3ccccc3)C2=O)c2ccccc2n1-c1ccc([N+](=O)[O-])cn1. The van der Waals surface area contributed by atoms with E-state index in [-0.39, 0.29) is 11.3 Å². The van der Waals surface area contributed by atoms with Crippen LogP contribution < -0.4 is 10.4 Å². The molecule has 0 saturated carbocycles. The van der Waals surface area contributed by atoms with Gasteiger partial charge in [-0.2, -0.15) is 0 Å². The van der Waals surface area contributed by atoms with Gasteiger partial charge in [0.1, 0.15) is 17.6 Å². The first-order valence-electron chi connectivity index (χ1n) is 10.1. The fourth-order valence-corrected chi connectivity index (χ4v) is 3.95. The lowest BCUT2D eigenvalue weighted by Gasteiger charge is -2.13. The van der Waals surface area contributed by atoms with Gasteiger partial charge in [0.2, 0.25) is 0 Å². The van der Waals surface area contributed by atoms with Gasteiger partial charge in [0.25, 0.3) is 17.5 Å². The number of carbonyl (C=O) groups excluding carboxylic acids is 2. The summed E-state index contributed by atoms with van der Waals surface area (Å²) in [5, 5.41) is 13.0. The Labute approximate surface area is 187 Å². The van der Waals surface area contributed by atoms with Crippen molar-refractivity contribution in [1.29, 1.82) is 0 Å². The molecule has 2 amide bonds. The normalized spacial score (nSPS) is 14.8. The molecule has 3 heterocycles. The lowest BCUT2D eigenvalue weighted by atomic mass is 10.1. The van der Waals surface area contributed by atoms with E-state index in [0.717, 1.165) is 16.6 Å². The van der Waals surface area contributed by atoms with E-state index < -0.39 is 16.7 Å². The fourth-order valence-electron chi connectivity index (χ4n) is 3.95. The Morgan fingerprint density at radius 3 is 2.42 bits per heavy atom. The summed E-state index contributed by atoms with van der Waals surface area (Å²) < 4.78 is 1.84. The van der Waals surface area contributed by atoms with Crippen molar-refractivity contribution in [2.75, 3.05) is 5.01 Å². The smallest absolute Gasteiger partial charge is 0.287 e. The number of nitrogens with one attached hydrogen (secondary N) is 1. The van der Waals surface area contributed by atoms with Gasteiger partial charge in [-0.25, -0.2) is 9.99 Å². The molecule has 0 aliphatic carbocycles. The molecule has 1 aliphatic rings. The summed E-state index contributed by atoms with van der Waals surface area (Å²) in [5.41, 5.74) is 5.31. The molecule has 9 nitrogen and oxygen atoms in total. The molecular formula is C24H17N5O4. The first-order chi connectivity index (χ1) is 16.0. The van der Waals surface area contributed by atoms with E-state index >= 15 is 0 Å². The van der Waals surface area contributed by atoms with E-state index in [9.17, 15) is 19.7 Å². The number of para-hydroxylation sites is 2. The van der Waals surface area contributed by atoms with Crippen molar-refractivity contribution in [1.82, 2.24) is 15.0 Å². The largest absolute Gasteiger partial charge is 0.298 e. The molecule has 2 aromatic heterocycles. The second-order valence-corrected chi connectivity index (χ2v) is 7.46. The van der Waals surface area contributed by atoms with Gasteiger partial charge in [-0.1, -0.05) is 36.4 Å². The van der Waals surface area contributed by atoms with Gasteiger partial charge >= 0.3 is 0 Å². The second kappa shape index (κ2) is 7.72. The maximum Gasteiger partial charge on any atom is 0.287 e. The van der Waals surface area contributed by atoms with E-state index in [0.29, 0.717) is 17.1 Å². The second-order valence-electron chi connectivity index (χ2n) is 7.46. The van der Waals surface area contributed by atoms with Crippen molar-refractivity contribution < 1.29 is 14.5 Å². The summed E-state index contributed by atoms with van der Waals surface area (Å²) in [6.45, 7) is 1.85. The molecule has 0 unspecified atom stereocenters. The van der Waals surface area contributed by atoms with E-state index in [1.165, 1.54) is 17.3 Å². The van der Waals surface area contributed by atoms with Crippen molar-refractivity contribution in [2.24, 2.45) is 0 Å². The van der Waals surface area contributed by atoms with Crippen molar-refractivity contribution in [3.63, 3.8) is 0 Å². The van der Waals surface area contributed by atoms with Crippen LogP contribution in [-0.4, -0.2) is 26.3 Å². The van der Waals surface area contributed by atoms with Gasteiger partial charge in [0, 0.05) is 22.7 Å². The highest BCUT2D eigenvalue weighted by molar-refractivity contribution is 6.32. The summed E-state index contributed by atoms with van der Waals surface area (Å²) in [4.78, 5) is 40.5. The first kappa shape index (κ1) is 20.1. The fraction of sp³-hybridized carbons (Fsp3) is 0.0417. The molecule has 4 aromatic rings. The monoisotopic (exact) mass is 439 g/mol. The minimum absolute atomic E-state index is 0.0153. The number of rotatable bonds is 4. The van der Waals surface area contributed by atoms with Gasteiger partial charge in [-0.15, -0.1) is 0 Å². The molecule has 0 spiro atoms. The van der Waals surface area contributed by atoms with E-state index in [1.54, 1.807) is 36.4 Å². The summed E-state index contributed by atoms with van der Waals surface area (Å²) in [7, 11) is 0. The Hall–Kier alpha value is -4.79. The number of carbonyl (C=O) groups is 2. The predicted octanol–water partition coefficient (Wildman–Crippen LogP) is 3.70. The summed E-state index contributed by atoms with van der Waals surface area (Å²) in [5.74, 6) is -0.448. The maximum atomic E-state index is 13.0. The molecule has 1 N–H and O–H groups in total. The van der Waals surface area contributed by atoms with Gasteiger partial charge in [0.15, 0.2) is 0 Å². The van der Waals surface area contributed by atoms with Gasteiger partial charge in [-0.3, -0.25) is 29.7 Å². The van der Waals surface area contributed by atoms with Gasteiger partial charge in [-0.05, 0) is 37.3 Å². The number of nitrogens with zero attached hydrogens (tertiary/aromatic N) is 4. The highest BCUT2D eigenvalue weighted by Gasteiger charge is 2.35. The lowest BCUT2D eigenvalue weighted by Crippen LogP contribution is -2.35. The predicted molar refractivity (Wildman–Crippen MR) is 123 cm³/mol. The number of benzene rings is 2. The topological polar surface area (TPSA) is 110 Å². The first-order valence-corrected chi connectivity index (χ1v) is 10.1. The van der Waals surface area contributed by atoms with Crippen molar-refractivity contribution in [3.8, 4) is 5.82 Å². The molecule has 5 rings (SSSR count). The molecule has 9 heteroatoms. The van der Waals surface area contributed by atoms with Crippen molar-refractivity contribution >= 4 is 40.2 Å². The van der Waals surface area contributed by atoms with Crippen LogP contribution in [0.1, 0.15) is 11.3 Å². The Morgan fingerprint density at radius 2 is 1.73 bits per heavy atom. The van der Waals surface area contributed by atoms with E-state index in [4.69, 9.17) is 0 Å². The summed E-state index contributed by atoms with van der Waals surface area (Å²) >= 11 is 0. The summed E-state index contributed by atoms with van der Waals surface area (Å²) in [6.07, 6.45) is 2.79. The molecule has 0 radical (unpaired) electrons. The van der Waals surface area contributed by atoms with Crippen LogP contribution in [-0.2, 0) is 9.59 Å². The molecule has 2 aromatic carbocycles. The van der Waals surface area contributed by atoms with Crippen molar-refractivity contribution in [3.05, 3.63) is 99.9 Å². The molecule has 162 valence electrons.